The number of ether oxygens (including phenoxy) is 2. The van der Waals surface area contributed by atoms with E-state index < -0.39 is 0 Å². The number of likely N-dealkylation sites (tertiary alicyclic amines) is 1. The summed E-state index contributed by atoms with van der Waals surface area (Å²) in [5.41, 5.74) is 1.04. The summed E-state index contributed by atoms with van der Waals surface area (Å²) < 4.78 is 12.7. The number of nitrogens with zero attached hydrogens (tertiary/aromatic N) is 1. The minimum Gasteiger partial charge on any atom is -0.493 e. The van der Waals surface area contributed by atoms with Gasteiger partial charge in [-0.1, -0.05) is 29.3 Å². The molecule has 0 radical (unpaired) electrons. The van der Waals surface area contributed by atoms with Crippen LogP contribution in [0.3, 0.4) is 0 Å². The van der Waals surface area contributed by atoms with Crippen molar-refractivity contribution in [2.75, 3.05) is 38.8 Å². The topological polar surface area (TPSA) is 67.9 Å². The summed E-state index contributed by atoms with van der Waals surface area (Å²) in [5, 5.41) is 3.93. The van der Waals surface area contributed by atoms with Gasteiger partial charge in [-0.2, -0.15) is 0 Å². The Kier molecular flexibility index (Phi) is 10.1. The second kappa shape index (κ2) is 13.3. The SMILES string of the molecule is CSC(SC)=C1Oc2cccc(OCCCCN3CCC(NC(=O)c4ccc(Cl)c(Cl)c4)CC3)c2C1=O. The zero-order chi connectivity index (χ0) is 26.4. The minimum absolute atomic E-state index is 0.113. The maximum atomic E-state index is 12.9. The van der Waals surface area contributed by atoms with Crippen LogP contribution in [-0.2, 0) is 0 Å². The van der Waals surface area contributed by atoms with Gasteiger partial charge in [-0.25, -0.2) is 0 Å². The number of fused-ring (bicyclic) bond motifs is 1. The first kappa shape index (κ1) is 28.2. The molecular weight excluding hydrogens is 551 g/mol. The average Bonchev–Trinajstić information content (AvgIpc) is 3.24. The molecule has 1 saturated heterocycles. The first-order valence-corrected chi connectivity index (χ1v) is 15.4. The molecule has 1 amide bonds. The summed E-state index contributed by atoms with van der Waals surface area (Å²) in [5.74, 6) is 1.30. The Morgan fingerprint density at radius 3 is 2.57 bits per heavy atom. The quantitative estimate of drug-likeness (QED) is 0.253. The summed E-state index contributed by atoms with van der Waals surface area (Å²) in [6, 6.07) is 10.6. The lowest BCUT2D eigenvalue weighted by Gasteiger charge is -2.32. The number of Topliss-reactive ketones (excluding diaryl/α,β-unsaturated/α-hetero) is 1. The summed E-state index contributed by atoms with van der Waals surface area (Å²) in [6.45, 7) is 3.39. The predicted octanol–water partition coefficient (Wildman–Crippen LogP) is 6.52. The molecule has 2 heterocycles. The van der Waals surface area contributed by atoms with Gasteiger partial charge >= 0.3 is 0 Å². The third-order valence-corrected chi connectivity index (χ3v) is 9.27. The highest BCUT2D eigenvalue weighted by atomic mass is 35.5. The number of ketones is 1. The molecule has 2 aromatic rings. The number of nitrogens with one attached hydrogen (secondary N) is 1. The number of piperidine rings is 1. The summed E-state index contributed by atoms with van der Waals surface area (Å²) in [6.07, 6.45) is 7.57. The first-order valence-electron chi connectivity index (χ1n) is 12.2. The number of benzene rings is 2. The molecule has 0 aromatic heterocycles. The molecule has 4 rings (SSSR count). The Morgan fingerprint density at radius 2 is 1.86 bits per heavy atom. The van der Waals surface area contributed by atoms with Gasteiger partial charge in [0.1, 0.15) is 17.1 Å². The fraction of sp³-hybridized carbons (Fsp3) is 0.407. The van der Waals surface area contributed by atoms with Gasteiger partial charge in [-0.3, -0.25) is 9.59 Å². The molecule has 1 N–H and O–H groups in total. The van der Waals surface area contributed by atoms with E-state index >= 15 is 0 Å². The van der Waals surface area contributed by atoms with Crippen molar-refractivity contribution in [3.8, 4) is 11.5 Å². The highest BCUT2D eigenvalue weighted by molar-refractivity contribution is 8.21. The number of halogens is 2. The van der Waals surface area contributed by atoms with E-state index in [1.807, 2.05) is 30.7 Å². The van der Waals surface area contributed by atoms with Crippen molar-refractivity contribution in [1.29, 1.82) is 0 Å². The van der Waals surface area contributed by atoms with Gasteiger partial charge in [0.2, 0.25) is 5.78 Å². The second-order valence-corrected chi connectivity index (χ2v) is 11.6. The molecule has 0 unspecified atom stereocenters. The van der Waals surface area contributed by atoms with E-state index in [-0.39, 0.29) is 17.7 Å². The number of amides is 1. The van der Waals surface area contributed by atoms with Crippen LogP contribution in [-0.4, -0.2) is 61.4 Å². The number of thioether (sulfide) groups is 2. The van der Waals surface area contributed by atoms with Crippen LogP contribution >= 0.6 is 46.7 Å². The largest absolute Gasteiger partial charge is 0.493 e. The van der Waals surface area contributed by atoms with Gasteiger partial charge in [0, 0.05) is 24.7 Å². The van der Waals surface area contributed by atoms with Crippen molar-refractivity contribution in [1.82, 2.24) is 10.2 Å². The summed E-state index contributed by atoms with van der Waals surface area (Å²) in [7, 11) is 0. The van der Waals surface area contributed by atoms with Crippen LogP contribution in [0.5, 0.6) is 11.5 Å². The van der Waals surface area contributed by atoms with Crippen LogP contribution in [0.2, 0.25) is 10.0 Å². The Bertz CT molecular complexity index is 1180. The fourth-order valence-electron chi connectivity index (χ4n) is 4.44. The molecule has 6 nitrogen and oxygen atoms in total. The normalized spacial score (nSPS) is 15.9. The minimum atomic E-state index is -0.119. The van der Waals surface area contributed by atoms with Crippen LogP contribution in [0.15, 0.2) is 46.4 Å². The number of hydrogen-bond acceptors (Lipinski definition) is 7. The second-order valence-electron chi connectivity index (χ2n) is 8.86. The maximum Gasteiger partial charge on any atom is 0.251 e. The van der Waals surface area contributed by atoms with Crippen molar-refractivity contribution in [3.63, 3.8) is 0 Å². The standard InChI is InChI=1S/C27H30Cl2N2O4S2/c1-36-27(37-2)25-24(32)23-21(6-5-7-22(23)35-25)34-15-4-3-12-31-13-10-18(11-14-31)30-26(33)17-8-9-19(28)20(29)16-17/h5-9,16,18H,3-4,10-15H2,1-2H3,(H,30,33). The molecule has 0 bridgehead atoms. The Labute approximate surface area is 236 Å². The Hall–Kier alpha value is -1.84. The van der Waals surface area contributed by atoms with Crippen molar-refractivity contribution < 1.29 is 19.1 Å². The molecular formula is C27H30Cl2N2O4S2. The molecule has 0 atom stereocenters. The van der Waals surface area contributed by atoms with Crippen molar-refractivity contribution in [2.45, 2.75) is 31.7 Å². The van der Waals surface area contributed by atoms with Gasteiger partial charge in [0.15, 0.2) is 5.76 Å². The maximum absolute atomic E-state index is 12.9. The van der Waals surface area contributed by atoms with E-state index in [0.29, 0.717) is 45.0 Å². The van der Waals surface area contributed by atoms with Gasteiger partial charge in [-0.15, -0.1) is 23.5 Å². The number of carbonyl (C=O) groups is 2. The third kappa shape index (κ3) is 6.98. The van der Waals surface area contributed by atoms with Gasteiger partial charge in [0.25, 0.3) is 5.91 Å². The lowest BCUT2D eigenvalue weighted by molar-refractivity contribution is 0.0909. The van der Waals surface area contributed by atoms with E-state index in [2.05, 4.69) is 10.2 Å². The molecule has 0 spiro atoms. The Morgan fingerprint density at radius 1 is 1.11 bits per heavy atom. The van der Waals surface area contributed by atoms with Gasteiger partial charge in [-0.05, 0) is 75.1 Å². The van der Waals surface area contributed by atoms with E-state index in [0.717, 1.165) is 49.6 Å². The van der Waals surface area contributed by atoms with Crippen LogP contribution in [0.1, 0.15) is 46.4 Å². The smallest absolute Gasteiger partial charge is 0.251 e. The van der Waals surface area contributed by atoms with Crippen LogP contribution in [0.4, 0.5) is 0 Å². The van der Waals surface area contributed by atoms with Crippen molar-refractivity contribution in [2.24, 2.45) is 0 Å². The van der Waals surface area contributed by atoms with Gasteiger partial charge < -0.3 is 19.7 Å². The zero-order valence-electron chi connectivity index (χ0n) is 20.9. The molecule has 10 heteroatoms. The van der Waals surface area contributed by atoms with E-state index in [1.165, 1.54) is 23.5 Å². The number of hydrogen-bond donors (Lipinski definition) is 1. The third-order valence-electron chi connectivity index (χ3n) is 6.42. The molecule has 37 heavy (non-hydrogen) atoms. The molecule has 198 valence electrons. The summed E-state index contributed by atoms with van der Waals surface area (Å²) in [4.78, 5) is 27.9. The Balaban J connectivity index is 1.18. The van der Waals surface area contributed by atoms with Crippen LogP contribution in [0.25, 0.3) is 0 Å². The van der Waals surface area contributed by atoms with Crippen molar-refractivity contribution in [3.05, 3.63) is 67.6 Å². The van der Waals surface area contributed by atoms with E-state index in [1.54, 1.807) is 18.2 Å². The molecule has 2 aliphatic rings. The predicted molar refractivity (Wildman–Crippen MR) is 154 cm³/mol. The number of carbonyl (C=O) groups excluding carboxylic acids is 2. The van der Waals surface area contributed by atoms with Gasteiger partial charge in [0.05, 0.1) is 20.9 Å². The highest BCUT2D eigenvalue weighted by Crippen LogP contribution is 2.41. The van der Waals surface area contributed by atoms with E-state index in [9.17, 15) is 9.59 Å². The fourth-order valence-corrected chi connectivity index (χ4v) is 6.04. The number of allylic oxidation sites excluding steroid dienone is 1. The summed E-state index contributed by atoms with van der Waals surface area (Å²) >= 11 is 15.0. The average molecular weight is 582 g/mol. The zero-order valence-corrected chi connectivity index (χ0v) is 24.0. The molecule has 2 aromatic carbocycles. The highest BCUT2D eigenvalue weighted by Gasteiger charge is 2.33. The lowest BCUT2D eigenvalue weighted by Crippen LogP contribution is -2.44. The lowest BCUT2D eigenvalue weighted by atomic mass is 10.0. The van der Waals surface area contributed by atoms with E-state index in [4.69, 9.17) is 32.7 Å². The monoisotopic (exact) mass is 580 g/mol. The van der Waals surface area contributed by atoms with Crippen LogP contribution < -0.4 is 14.8 Å². The van der Waals surface area contributed by atoms with Crippen molar-refractivity contribution >= 4 is 58.4 Å². The number of unbranched alkanes of at least 4 members (excludes halogenated alkanes) is 1. The molecule has 0 aliphatic carbocycles. The first-order chi connectivity index (χ1) is 17.9. The molecule has 0 saturated carbocycles. The number of rotatable bonds is 10. The molecule has 1 fully saturated rings. The van der Waals surface area contributed by atoms with Crippen LogP contribution in [0, 0.1) is 0 Å². The molecule has 2 aliphatic heterocycles.